The van der Waals surface area contributed by atoms with Crippen molar-refractivity contribution in [3.8, 4) is 0 Å². The number of rotatable bonds is 3. The number of para-hydroxylation sites is 2. The molecular formula is C40H25NO. The van der Waals surface area contributed by atoms with Crippen LogP contribution in [0.5, 0.6) is 0 Å². The van der Waals surface area contributed by atoms with Gasteiger partial charge in [0.2, 0.25) is 0 Å². The number of anilines is 3. The molecule has 9 rings (SSSR count). The van der Waals surface area contributed by atoms with Crippen LogP contribution in [0.25, 0.3) is 65.0 Å². The first-order valence-corrected chi connectivity index (χ1v) is 14.4. The molecule has 0 fully saturated rings. The maximum atomic E-state index is 6.47. The highest BCUT2D eigenvalue weighted by atomic mass is 16.3. The Hall–Kier alpha value is -5.60. The van der Waals surface area contributed by atoms with E-state index in [4.69, 9.17) is 4.42 Å². The minimum atomic E-state index is 0.915. The van der Waals surface area contributed by atoms with Crippen molar-refractivity contribution < 1.29 is 4.42 Å². The first kappa shape index (κ1) is 23.1. The minimum Gasteiger partial charge on any atom is -0.455 e. The van der Waals surface area contributed by atoms with Crippen LogP contribution < -0.4 is 4.90 Å². The van der Waals surface area contributed by atoms with Crippen LogP contribution in [-0.2, 0) is 0 Å². The Morgan fingerprint density at radius 2 is 0.976 bits per heavy atom. The van der Waals surface area contributed by atoms with Crippen LogP contribution in [0.3, 0.4) is 0 Å². The summed E-state index contributed by atoms with van der Waals surface area (Å²) in [6, 6.07) is 54.4. The van der Waals surface area contributed by atoms with E-state index in [9.17, 15) is 0 Å². The maximum absolute atomic E-state index is 6.47. The van der Waals surface area contributed by atoms with Gasteiger partial charge in [-0.2, -0.15) is 0 Å². The van der Waals surface area contributed by atoms with Crippen molar-refractivity contribution in [2.75, 3.05) is 4.90 Å². The molecule has 2 heteroatoms. The van der Waals surface area contributed by atoms with Crippen LogP contribution in [-0.4, -0.2) is 0 Å². The van der Waals surface area contributed by atoms with E-state index in [0.29, 0.717) is 0 Å². The van der Waals surface area contributed by atoms with Crippen LogP contribution in [0.1, 0.15) is 0 Å². The summed E-state index contributed by atoms with van der Waals surface area (Å²) in [5, 5.41) is 12.0. The van der Waals surface area contributed by atoms with E-state index >= 15 is 0 Å². The Bertz CT molecular complexity index is 2470. The number of hydrogen-bond donors (Lipinski definition) is 0. The van der Waals surface area contributed by atoms with E-state index in [0.717, 1.165) is 49.8 Å². The largest absolute Gasteiger partial charge is 0.455 e. The molecule has 1 aromatic heterocycles. The van der Waals surface area contributed by atoms with Crippen molar-refractivity contribution in [3.05, 3.63) is 152 Å². The Kier molecular flexibility index (Phi) is 4.93. The van der Waals surface area contributed by atoms with Crippen LogP contribution >= 0.6 is 0 Å². The molecular weight excluding hydrogens is 510 g/mol. The average molecular weight is 536 g/mol. The number of benzene rings is 8. The summed E-state index contributed by atoms with van der Waals surface area (Å²) in [6.45, 7) is 0. The highest BCUT2D eigenvalue weighted by Gasteiger charge is 2.19. The number of furan rings is 1. The molecule has 42 heavy (non-hydrogen) atoms. The van der Waals surface area contributed by atoms with Crippen molar-refractivity contribution in [2.45, 2.75) is 0 Å². The third kappa shape index (κ3) is 3.39. The molecule has 0 unspecified atom stereocenters. The highest BCUT2D eigenvalue weighted by Crippen LogP contribution is 2.44. The molecule has 0 aliphatic carbocycles. The van der Waals surface area contributed by atoms with Gasteiger partial charge in [0, 0.05) is 32.9 Å². The van der Waals surface area contributed by atoms with Crippen molar-refractivity contribution in [2.24, 2.45) is 0 Å². The Labute approximate surface area is 242 Å². The van der Waals surface area contributed by atoms with E-state index in [2.05, 4.69) is 144 Å². The van der Waals surface area contributed by atoms with Crippen molar-refractivity contribution in [1.29, 1.82) is 0 Å². The van der Waals surface area contributed by atoms with Crippen LogP contribution in [0.15, 0.2) is 156 Å². The smallest absolute Gasteiger partial charge is 0.143 e. The van der Waals surface area contributed by atoms with Gasteiger partial charge >= 0.3 is 0 Å². The molecule has 0 amide bonds. The van der Waals surface area contributed by atoms with E-state index in [-0.39, 0.29) is 0 Å². The molecule has 0 radical (unpaired) electrons. The summed E-state index contributed by atoms with van der Waals surface area (Å²) in [5.41, 5.74) is 5.19. The van der Waals surface area contributed by atoms with Gasteiger partial charge < -0.3 is 9.32 Å². The zero-order valence-electron chi connectivity index (χ0n) is 22.8. The summed E-state index contributed by atoms with van der Waals surface area (Å²) in [5.74, 6) is 0. The number of nitrogens with zero attached hydrogens (tertiary/aromatic N) is 1. The molecule has 0 saturated carbocycles. The van der Waals surface area contributed by atoms with Crippen LogP contribution in [0.2, 0.25) is 0 Å². The zero-order chi connectivity index (χ0) is 27.6. The van der Waals surface area contributed by atoms with Gasteiger partial charge in [0.1, 0.15) is 11.2 Å². The molecule has 196 valence electrons. The van der Waals surface area contributed by atoms with Gasteiger partial charge in [-0.25, -0.2) is 0 Å². The second kappa shape index (κ2) is 8.95. The van der Waals surface area contributed by atoms with E-state index in [1.54, 1.807) is 0 Å². The summed E-state index contributed by atoms with van der Waals surface area (Å²) in [7, 11) is 0. The molecule has 0 atom stereocenters. The molecule has 1 heterocycles. The lowest BCUT2D eigenvalue weighted by Crippen LogP contribution is -2.10. The number of fused-ring (bicyclic) bond motifs is 10. The van der Waals surface area contributed by atoms with Gasteiger partial charge in [-0.05, 0) is 74.8 Å². The quantitative estimate of drug-likeness (QED) is 0.209. The zero-order valence-corrected chi connectivity index (χ0v) is 22.8. The molecule has 0 aliphatic rings. The normalized spacial score (nSPS) is 11.8. The Morgan fingerprint density at radius 3 is 1.83 bits per heavy atom. The third-order valence-electron chi connectivity index (χ3n) is 8.60. The molecule has 0 aliphatic heterocycles. The number of hydrogen-bond acceptors (Lipinski definition) is 2. The predicted octanol–water partition coefficient (Wildman–Crippen LogP) is 11.7. The van der Waals surface area contributed by atoms with Gasteiger partial charge in [0.05, 0.1) is 5.69 Å². The standard InChI is InChI=1S/C40H25NO/c1-2-11-28(12-3-1)41(29-21-18-27-20-23-35-34-16-8-9-17-39(34)42-40(35)36(27)24-29)38-25-37-30-13-5-4-10-26(30)19-22-32(37)31-14-6-7-15-33(31)38/h1-25H. The molecule has 0 saturated heterocycles. The third-order valence-corrected chi connectivity index (χ3v) is 8.60. The molecule has 2 nitrogen and oxygen atoms in total. The first-order valence-electron chi connectivity index (χ1n) is 14.4. The van der Waals surface area contributed by atoms with Gasteiger partial charge in [0.15, 0.2) is 0 Å². The van der Waals surface area contributed by atoms with Crippen molar-refractivity contribution in [1.82, 2.24) is 0 Å². The predicted molar refractivity (Wildman–Crippen MR) is 178 cm³/mol. The molecule has 8 aromatic carbocycles. The Balaban J connectivity index is 1.39. The maximum Gasteiger partial charge on any atom is 0.143 e. The molecule has 9 aromatic rings. The second-order valence-corrected chi connectivity index (χ2v) is 10.9. The van der Waals surface area contributed by atoms with E-state index in [1.165, 1.54) is 32.3 Å². The fourth-order valence-corrected chi connectivity index (χ4v) is 6.66. The van der Waals surface area contributed by atoms with Crippen LogP contribution in [0.4, 0.5) is 17.1 Å². The molecule has 0 bridgehead atoms. The van der Waals surface area contributed by atoms with Gasteiger partial charge in [-0.3, -0.25) is 0 Å². The van der Waals surface area contributed by atoms with Crippen molar-refractivity contribution >= 4 is 82.1 Å². The fourth-order valence-electron chi connectivity index (χ4n) is 6.66. The minimum absolute atomic E-state index is 0.915. The van der Waals surface area contributed by atoms with Crippen molar-refractivity contribution in [3.63, 3.8) is 0 Å². The van der Waals surface area contributed by atoms with Crippen LogP contribution in [0, 0.1) is 0 Å². The molecule has 0 N–H and O–H groups in total. The SMILES string of the molecule is c1ccc(N(c2ccc3ccc4c5ccccc5oc4c3c2)c2cc3c4ccccc4ccc3c3ccccc23)cc1. The van der Waals surface area contributed by atoms with E-state index in [1.807, 2.05) is 12.1 Å². The molecule has 0 spiro atoms. The monoisotopic (exact) mass is 535 g/mol. The fraction of sp³-hybridized carbons (Fsp3) is 0. The summed E-state index contributed by atoms with van der Waals surface area (Å²) < 4.78 is 6.47. The lowest BCUT2D eigenvalue weighted by Gasteiger charge is -2.28. The second-order valence-electron chi connectivity index (χ2n) is 10.9. The lowest BCUT2D eigenvalue weighted by atomic mass is 9.95. The van der Waals surface area contributed by atoms with Gasteiger partial charge in [-0.15, -0.1) is 0 Å². The lowest BCUT2D eigenvalue weighted by molar-refractivity contribution is 0.672. The Morgan fingerprint density at radius 1 is 0.357 bits per heavy atom. The topological polar surface area (TPSA) is 16.4 Å². The summed E-state index contributed by atoms with van der Waals surface area (Å²) in [4.78, 5) is 2.39. The van der Waals surface area contributed by atoms with E-state index < -0.39 is 0 Å². The first-order chi connectivity index (χ1) is 20.8. The summed E-state index contributed by atoms with van der Waals surface area (Å²) in [6.07, 6.45) is 0. The average Bonchev–Trinajstić information content (AvgIpc) is 3.45. The van der Waals surface area contributed by atoms with Gasteiger partial charge in [0.25, 0.3) is 0 Å². The van der Waals surface area contributed by atoms with Gasteiger partial charge in [-0.1, -0.05) is 109 Å². The highest BCUT2D eigenvalue weighted by molar-refractivity contribution is 6.22. The summed E-state index contributed by atoms with van der Waals surface area (Å²) >= 11 is 0.